The van der Waals surface area contributed by atoms with Gasteiger partial charge in [0.2, 0.25) is 0 Å². The molecule has 2 spiro atoms. The topological polar surface area (TPSA) is 18.5 Å². The van der Waals surface area contributed by atoms with Crippen molar-refractivity contribution in [2.45, 2.75) is 16.2 Å². The van der Waals surface area contributed by atoms with Crippen molar-refractivity contribution < 1.29 is 9.47 Å². The van der Waals surface area contributed by atoms with Gasteiger partial charge >= 0.3 is 0 Å². The summed E-state index contributed by atoms with van der Waals surface area (Å²) in [6, 6.07) is 85.7. The first-order chi connectivity index (χ1) is 32.3. The van der Waals surface area contributed by atoms with E-state index in [4.69, 9.17) is 9.47 Å². The summed E-state index contributed by atoms with van der Waals surface area (Å²) < 4.78 is 13.6. The first-order valence-electron chi connectivity index (χ1n) is 22.7. The maximum Gasteiger partial charge on any atom is 0.132 e. The molecule has 65 heavy (non-hydrogen) atoms. The number of hydrogen-bond donors (Lipinski definition) is 0. The Bertz CT molecular complexity index is 3370. The van der Waals surface area contributed by atoms with Crippen LogP contribution in [-0.4, -0.2) is 0 Å². The second-order valence-corrected chi connectivity index (χ2v) is 18.1. The van der Waals surface area contributed by atoms with Gasteiger partial charge in [-0.05, 0) is 102 Å². The molecule has 0 unspecified atom stereocenters. The second-order valence-electron chi connectivity index (χ2n) is 18.1. The van der Waals surface area contributed by atoms with Gasteiger partial charge in [0, 0.05) is 22.3 Å². The molecule has 0 saturated carbocycles. The summed E-state index contributed by atoms with van der Waals surface area (Å²) in [6.07, 6.45) is 0. The van der Waals surface area contributed by atoms with E-state index in [-0.39, 0.29) is 0 Å². The van der Waals surface area contributed by atoms with Crippen LogP contribution in [0.1, 0.15) is 66.8 Å². The molecule has 0 bridgehead atoms. The highest BCUT2D eigenvalue weighted by molar-refractivity contribution is 5.99. The third kappa shape index (κ3) is 4.05. The van der Waals surface area contributed by atoms with Crippen LogP contribution in [0.25, 0.3) is 33.4 Å². The number of para-hydroxylation sites is 4. The Morgan fingerprint density at radius 2 is 0.400 bits per heavy atom. The number of rotatable bonds is 2. The molecule has 0 aromatic heterocycles. The van der Waals surface area contributed by atoms with Crippen molar-refractivity contribution in [2.24, 2.45) is 0 Å². The lowest BCUT2D eigenvalue weighted by Crippen LogP contribution is -2.34. The van der Waals surface area contributed by atoms with Crippen molar-refractivity contribution >= 4 is 0 Å². The van der Waals surface area contributed by atoms with Crippen LogP contribution in [0.4, 0.5) is 0 Å². The highest BCUT2D eigenvalue weighted by atomic mass is 16.5. The Hall–Kier alpha value is -8.20. The van der Waals surface area contributed by atoms with Crippen molar-refractivity contribution in [1.29, 1.82) is 0 Å². The molecule has 0 radical (unpaired) electrons. The van der Waals surface area contributed by atoms with Crippen LogP contribution in [0.3, 0.4) is 0 Å². The van der Waals surface area contributed by atoms with Crippen molar-refractivity contribution in [3.05, 3.63) is 297 Å². The standard InChI is InChI=1S/C63H38O2/c1-5-23-43-39(19-1)40-20-2-6-24-44(40)61(43,51-31-17-33-53-59(51)41-21-3-7-25-45(41)62(53)47-27-9-13-35-55(47)64-56-36-14-10-28-48(56)62)52-32-18-34-54-60(52)42-22-4-8-26-46(42)63(54)49-29-11-15-37-57(49)65-58-38-16-12-30-50(58)63/h1-38H. The Morgan fingerprint density at radius 3 is 0.723 bits per heavy atom. The molecule has 3 aliphatic carbocycles. The Kier molecular flexibility index (Phi) is 6.78. The zero-order chi connectivity index (χ0) is 42.5. The fourth-order valence-electron chi connectivity index (χ4n) is 13.4. The van der Waals surface area contributed by atoms with Gasteiger partial charge in [0.25, 0.3) is 0 Å². The van der Waals surface area contributed by atoms with Gasteiger partial charge in [-0.25, -0.2) is 0 Å². The summed E-state index contributed by atoms with van der Waals surface area (Å²) >= 11 is 0. The fraction of sp³-hybridized carbons (Fsp3) is 0.0476. The summed E-state index contributed by atoms with van der Waals surface area (Å²) in [6.45, 7) is 0. The van der Waals surface area contributed by atoms with Gasteiger partial charge in [-0.15, -0.1) is 0 Å². The van der Waals surface area contributed by atoms with E-state index in [1.165, 1.54) is 77.9 Å². The largest absolute Gasteiger partial charge is 0.457 e. The van der Waals surface area contributed by atoms with E-state index in [0.717, 1.165) is 45.3 Å². The number of fused-ring (bicyclic) bond motifs is 21. The number of hydrogen-bond acceptors (Lipinski definition) is 2. The second kappa shape index (κ2) is 12.5. The van der Waals surface area contributed by atoms with E-state index in [0.29, 0.717) is 0 Å². The summed E-state index contributed by atoms with van der Waals surface area (Å²) in [7, 11) is 0. The molecule has 2 nitrogen and oxygen atoms in total. The van der Waals surface area contributed by atoms with E-state index in [2.05, 4.69) is 231 Å². The lowest BCUT2D eigenvalue weighted by atomic mass is 9.62. The Morgan fingerprint density at radius 1 is 0.185 bits per heavy atom. The highest BCUT2D eigenvalue weighted by Crippen LogP contribution is 2.69. The van der Waals surface area contributed by atoms with Crippen molar-refractivity contribution in [2.75, 3.05) is 0 Å². The molecule has 0 atom stereocenters. The van der Waals surface area contributed by atoms with Crippen molar-refractivity contribution in [1.82, 2.24) is 0 Å². The predicted octanol–water partition coefficient (Wildman–Crippen LogP) is 15.0. The monoisotopic (exact) mass is 826 g/mol. The van der Waals surface area contributed by atoms with Crippen LogP contribution in [0, 0.1) is 0 Å². The van der Waals surface area contributed by atoms with Crippen molar-refractivity contribution in [3.63, 3.8) is 0 Å². The molecular formula is C63H38O2. The van der Waals surface area contributed by atoms with Crippen LogP contribution < -0.4 is 9.47 Å². The minimum atomic E-state index is -0.741. The number of benzene rings is 10. The van der Waals surface area contributed by atoms with Crippen LogP contribution in [0.5, 0.6) is 23.0 Å². The molecule has 2 heteroatoms. The van der Waals surface area contributed by atoms with E-state index in [9.17, 15) is 0 Å². The molecule has 2 heterocycles. The molecule has 2 aliphatic heterocycles. The zero-order valence-electron chi connectivity index (χ0n) is 35.3. The van der Waals surface area contributed by atoms with Crippen LogP contribution >= 0.6 is 0 Å². The molecule has 5 aliphatic rings. The fourth-order valence-corrected chi connectivity index (χ4v) is 13.4. The molecule has 0 saturated heterocycles. The lowest BCUT2D eigenvalue weighted by molar-refractivity contribution is 0.436. The third-order valence-electron chi connectivity index (χ3n) is 15.5. The normalized spacial score (nSPS) is 15.7. The van der Waals surface area contributed by atoms with Gasteiger partial charge in [0.15, 0.2) is 0 Å². The van der Waals surface area contributed by atoms with E-state index in [1.54, 1.807) is 0 Å². The molecule has 0 N–H and O–H groups in total. The van der Waals surface area contributed by atoms with E-state index in [1.807, 2.05) is 0 Å². The van der Waals surface area contributed by atoms with Gasteiger partial charge in [-0.1, -0.05) is 206 Å². The molecule has 15 rings (SSSR count). The minimum Gasteiger partial charge on any atom is -0.457 e. The number of ether oxygens (including phenoxy) is 2. The summed E-state index contributed by atoms with van der Waals surface area (Å²) in [4.78, 5) is 0. The smallest absolute Gasteiger partial charge is 0.132 e. The Balaban J connectivity index is 1.13. The average Bonchev–Trinajstić information content (AvgIpc) is 3.96. The van der Waals surface area contributed by atoms with Gasteiger partial charge in [-0.3, -0.25) is 0 Å². The summed E-state index contributed by atoms with van der Waals surface area (Å²) in [5, 5.41) is 0. The van der Waals surface area contributed by atoms with Gasteiger partial charge in [0.05, 0.1) is 16.2 Å². The Labute approximate surface area is 377 Å². The van der Waals surface area contributed by atoms with Crippen LogP contribution in [0.2, 0.25) is 0 Å². The van der Waals surface area contributed by atoms with Crippen LogP contribution in [-0.2, 0) is 16.2 Å². The molecule has 10 aromatic carbocycles. The predicted molar refractivity (Wildman–Crippen MR) is 259 cm³/mol. The first kappa shape index (κ1) is 35.3. The third-order valence-corrected chi connectivity index (χ3v) is 15.5. The van der Waals surface area contributed by atoms with Crippen LogP contribution in [0.15, 0.2) is 231 Å². The van der Waals surface area contributed by atoms with Crippen molar-refractivity contribution in [3.8, 4) is 56.4 Å². The molecule has 0 amide bonds. The quantitative estimate of drug-likeness (QED) is 0.173. The maximum atomic E-state index is 6.79. The molecular weight excluding hydrogens is 789 g/mol. The van der Waals surface area contributed by atoms with Gasteiger partial charge < -0.3 is 9.47 Å². The first-order valence-corrected chi connectivity index (χ1v) is 22.7. The highest BCUT2D eigenvalue weighted by Gasteiger charge is 2.58. The summed E-state index contributed by atoms with van der Waals surface area (Å²) in [5.41, 5.74) is 20.5. The lowest BCUT2D eigenvalue weighted by Gasteiger charge is -2.41. The zero-order valence-corrected chi connectivity index (χ0v) is 35.3. The molecule has 10 aromatic rings. The van der Waals surface area contributed by atoms with Gasteiger partial charge in [0.1, 0.15) is 23.0 Å². The SMILES string of the molecule is c1ccc2c(c1)Oc1ccccc1C21c2ccccc2-c2c1cccc2C1(c2cccc3c2-c2ccccc2C32c3ccccc3Oc3ccccc32)c2ccccc2-c2ccccc21. The average molecular weight is 827 g/mol. The maximum absolute atomic E-state index is 6.79. The van der Waals surface area contributed by atoms with E-state index < -0.39 is 16.2 Å². The molecule has 0 fully saturated rings. The summed E-state index contributed by atoms with van der Waals surface area (Å²) in [5.74, 6) is 3.58. The van der Waals surface area contributed by atoms with Gasteiger partial charge in [-0.2, -0.15) is 0 Å². The minimum absolute atomic E-state index is 0.614. The molecule has 302 valence electrons. The van der Waals surface area contributed by atoms with E-state index >= 15 is 0 Å².